The number of hydrogen-bond donors (Lipinski definition) is 0. The van der Waals surface area contributed by atoms with Gasteiger partial charge in [-0.2, -0.15) is 5.26 Å². The van der Waals surface area contributed by atoms with Crippen molar-refractivity contribution in [1.29, 1.82) is 5.26 Å². The van der Waals surface area contributed by atoms with Gasteiger partial charge < -0.3 is 4.57 Å². The van der Waals surface area contributed by atoms with Gasteiger partial charge in [-0.05, 0) is 52.0 Å². The summed E-state index contributed by atoms with van der Waals surface area (Å²) in [5.41, 5.74) is 4.07. The minimum absolute atomic E-state index is 0.111. The molecule has 2 aromatic carbocycles. The Kier molecular flexibility index (Phi) is 5.85. The number of Topliss-reactive ketones (excluding diaryl/α,β-unsaturated/α-hetero) is 2. The largest absolute Gasteiger partial charge is 0.339 e. The Morgan fingerprint density at radius 1 is 0.816 bits per heavy atom. The first-order valence-electron chi connectivity index (χ1n) is 12.0. The molecule has 7 nitrogen and oxygen atoms in total. The highest BCUT2D eigenvalue weighted by molar-refractivity contribution is 7.90. The van der Waals surface area contributed by atoms with Crippen molar-refractivity contribution in [2.45, 2.75) is 32.6 Å². The number of rotatable bonds is 4. The molecular weight excluding hydrogens is 498 g/mol. The van der Waals surface area contributed by atoms with E-state index in [0.717, 1.165) is 5.56 Å². The van der Waals surface area contributed by atoms with Crippen LogP contribution in [0.25, 0.3) is 22.0 Å². The summed E-state index contributed by atoms with van der Waals surface area (Å²) in [5.74, 6) is -0.678. The van der Waals surface area contributed by atoms with Gasteiger partial charge in [0.05, 0.1) is 10.4 Å². The number of carbonyl (C=O) groups is 2. The van der Waals surface area contributed by atoms with Crippen molar-refractivity contribution in [2.24, 2.45) is 7.05 Å². The Morgan fingerprint density at radius 2 is 1.39 bits per heavy atom. The van der Waals surface area contributed by atoms with Gasteiger partial charge in [0, 0.05) is 57.7 Å². The average molecular weight is 524 g/mol. The van der Waals surface area contributed by atoms with E-state index in [4.69, 9.17) is 0 Å². The molecule has 38 heavy (non-hydrogen) atoms. The first kappa shape index (κ1) is 25.2. The maximum absolute atomic E-state index is 13.8. The van der Waals surface area contributed by atoms with Gasteiger partial charge in [-0.15, -0.1) is 0 Å². The number of ketones is 2. The van der Waals surface area contributed by atoms with Gasteiger partial charge in [0.25, 0.3) is 10.0 Å². The molecule has 2 aromatic heterocycles. The molecule has 1 aliphatic carbocycles. The maximum atomic E-state index is 13.8. The molecule has 1 aliphatic rings. The molecular formula is C30H25N3O4S. The van der Waals surface area contributed by atoms with E-state index >= 15 is 0 Å². The first-order chi connectivity index (χ1) is 18.0. The molecule has 5 rings (SSSR count). The molecule has 0 aliphatic heterocycles. The van der Waals surface area contributed by atoms with Crippen LogP contribution in [0.2, 0.25) is 0 Å². The second-order valence-corrected chi connectivity index (χ2v) is 11.3. The van der Waals surface area contributed by atoms with Crippen LogP contribution in [0.15, 0.2) is 76.8 Å². The Hall–Kier alpha value is -4.48. The van der Waals surface area contributed by atoms with Crippen molar-refractivity contribution in [3.8, 4) is 6.07 Å². The highest BCUT2D eigenvalue weighted by atomic mass is 32.2. The van der Waals surface area contributed by atoms with Gasteiger partial charge in [0.1, 0.15) is 11.8 Å². The lowest BCUT2D eigenvalue weighted by Gasteiger charge is -2.21. The van der Waals surface area contributed by atoms with Gasteiger partial charge in [0.15, 0.2) is 11.6 Å². The van der Waals surface area contributed by atoms with Crippen LogP contribution in [0.5, 0.6) is 0 Å². The summed E-state index contributed by atoms with van der Waals surface area (Å²) in [7, 11) is -2.29. The van der Waals surface area contributed by atoms with E-state index in [-0.39, 0.29) is 27.6 Å². The fourth-order valence-electron chi connectivity index (χ4n) is 4.89. The standard InChI is InChI=1S/C30H25N3O4S/c1-17-10-12-22(13-11-17)38(36,37)33-16-25(23-8-6-7-9-26(23)33)28-27(29(34)18(2)19(3)30(28)35)24-14-21(15-31)32(5)20(24)4/h6-14,16H,1-5H3. The lowest BCUT2D eigenvalue weighted by atomic mass is 9.79. The smallest absolute Gasteiger partial charge is 0.268 e. The van der Waals surface area contributed by atoms with E-state index < -0.39 is 10.0 Å². The third-order valence-electron chi connectivity index (χ3n) is 7.39. The maximum Gasteiger partial charge on any atom is 0.268 e. The van der Waals surface area contributed by atoms with Crippen molar-refractivity contribution in [3.05, 3.63) is 100 Å². The molecule has 0 saturated carbocycles. The van der Waals surface area contributed by atoms with Gasteiger partial charge in [-0.3, -0.25) is 9.59 Å². The predicted octanol–water partition coefficient (Wildman–Crippen LogP) is 5.10. The van der Waals surface area contributed by atoms with E-state index in [1.54, 1.807) is 87.0 Å². The lowest BCUT2D eigenvalue weighted by molar-refractivity contribution is -0.113. The van der Waals surface area contributed by atoms with E-state index in [2.05, 4.69) is 6.07 Å². The van der Waals surface area contributed by atoms with Crippen molar-refractivity contribution >= 4 is 43.6 Å². The number of carbonyl (C=O) groups excluding carboxylic acids is 2. The molecule has 0 unspecified atom stereocenters. The third-order valence-corrected chi connectivity index (χ3v) is 9.08. The number of fused-ring (bicyclic) bond motifs is 1. The van der Waals surface area contributed by atoms with E-state index in [9.17, 15) is 23.3 Å². The van der Waals surface area contributed by atoms with Crippen LogP contribution in [0.4, 0.5) is 0 Å². The number of benzene rings is 2. The zero-order valence-electron chi connectivity index (χ0n) is 21.7. The van der Waals surface area contributed by atoms with Crippen LogP contribution in [-0.2, 0) is 26.7 Å². The number of nitrogens with zero attached hydrogens (tertiary/aromatic N) is 3. The molecule has 190 valence electrons. The fraction of sp³-hybridized carbons (Fsp3) is 0.167. The summed E-state index contributed by atoms with van der Waals surface area (Å²) in [4.78, 5) is 27.7. The Balaban J connectivity index is 1.88. The minimum atomic E-state index is -4.01. The average Bonchev–Trinajstić information content (AvgIpc) is 3.43. The molecule has 0 spiro atoms. The summed E-state index contributed by atoms with van der Waals surface area (Å²) in [5, 5.41) is 10.1. The third kappa shape index (κ3) is 3.58. The SMILES string of the molecule is CC1=C(C)C(=O)C(c2cn(S(=O)(=O)c3ccc(C)cc3)c3ccccc23)=C(c2cc(C#N)n(C)c2C)C1=O. The summed E-state index contributed by atoms with van der Waals surface area (Å²) < 4.78 is 30.4. The highest BCUT2D eigenvalue weighted by Gasteiger charge is 2.36. The minimum Gasteiger partial charge on any atom is -0.339 e. The summed E-state index contributed by atoms with van der Waals surface area (Å²) in [6, 6.07) is 17.2. The molecule has 0 radical (unpaired) electrons. The highest BCUT2D eigenvalue weighted by Crippen LogP contribution is 2.41. The number of aryl methyl sites for hydroxylation is 1. The van der Waals surface area contributed by atoms with Crippen molar-refractivity contribution in [3.63, 3.8) is 0 Å². The zero-order valence-corrected chi connectivity index (χ0v) is 22.5. The summed E-state index contributed by atoms with van der Waals surface area (Å²) in [6.45, 7) is 6.87. The number of aromatic nitrogens is 2. The van der Waals surface area contributed by atoms with Crippen molar-refractivity contribution in [2.75, 3.05) is 0 Å². The topological polar surface area (TPSA) is 102 Å². The Morgan fingerprint density at radius 3 is 1.97 bits per heavy atom. The van der Waals surface area contributed by atoms with Crippen LogP contribution in [-0.4, -0.2) is 28.5 Å². The normalized spacial score (nSPS) is 14.5. The summed E-state index contributed by atoms with van der Waals surface area (Å²) in [6.07, 6.45) is 1.43. The number of para-hydroxylation sites is 1. The van der Waals surface area contributed by atoms with E-state index in [1.807, 2.05) is 6.92 Å². The quantitative estimate of drug-likeness (QED) is 0.346. The lowest BCUT2D eigenvalue weighted by Crippen LogP contribution is -2.21. The molecule has 4 aromatic rings. The monoisotopic (exact) mass is 523 g/mol. The molecule has 0 fully saturated rings. The van der Waals surface area contributed by atoms with Crippen molar-refractivity contribution in [1.82, 2.24) is 8.54 Å². The molecule has 2 heterocycles. The van der Waals surface area contributed by atoms with Crippen LogP contribution < -0.4 is 0 Å². The molecule has 0 saturated heterocycles. The number of hydrogen-bond acceptors (Lipinski definition) is 5. The first-order valence-corrected chi connectivity index (χ1v) is 13.4. The molecule has 0 N–H and O–H groups in total. The molecule has 0 atom stereocenters. The fourth-order valence-corrected chi connectivity index (χ4v) is 6.26. The van der Waals surface area contributed by atoms with Gasteiger partial charge in [0.2, 0.25) is 0 Å². The van der Waals surface area contributed by atoms with Crippen LogP contribution in [0.1, 0.15) is 41.9 Å². The zero-order chi connectivity index (χ0) is 27.5. The Bertz CT molecular complexity index is 1910. The van der Waals surface area contributed by atoms with E-state index in [0.29, 0.717) is 44.6 Å². The van der Waals surface area contributed by atoms with Crippen LogP contribution in [0, 0.1) is 25.2 Å². The van der Waals surface area contributed by atoms with Crippen LogP contribution in [0.3, 0.4) is 0 Å². The molecule has 0 bridgehead atoms. The predicted molar refractivity (Wildman–Crippen MR) is 146 cm³/mol. The van der Waals surface area contributed by atoms with Gasteiger partial charge in [-0.25, -0.2) is 12.4 Å². The molecule has 8 heteroatoms. The van der Waals surface area contributed by atoms with Crippen molar-refractivity contribution < 1.29 is 18.0 Å². The second-order valence-electron chi connectivity index (χ2n) is 9.53. The number of nitriles is 1. The second kappa shape index (κ2) is 8.82. The van der Waals surface area contributed by atoms with Gasteiger partial charge >= 0.3 is 0 Å². The molecule has 0 amide bonds. The van der Waals surface area contributed by atoms with E-state index in [1.165, 1.54) is 10.2 Å². The summed E-state index contributed by atoms with van der Waals surface area (Å²) >= 11 is 0. The Labute approximate surface area is 221 Å². The van der Waals surface area contributed by atoms with Crippen LogP contribution >= 0.6 is 0 Å². The number of allylic oxidation sites excluding steroid dienone is 4. The van der Waals surface area contributed by atoms with Gasteiger partial charge in [-0.1, -0.05) is 35.9 Å².